The Labute approximate surface area is 117 Å². The Morgan fingerprint density at radius 2 is 2.28 bits per heavy atom. The Bertz CT molecular complexity index is 455. The molecule has 2 rings (SSSR count). The molecule has 0 fully saturated rings. The van der Waals surface area contributed by atoms with E-state index in [2.05, 4.69) is 32.3 Å². The van der Waals surface area contributed by atoms with Gasteiger partial charge >= 0.3 is 0 Å². The van der Waals surface area contributed by atoms with E-state index < -0.39 is 0 Å². The Morgan fingerprint density at radius 1 is 1.44 bits per heavy atom. The zero-order valence-electron chi connectivity index (χ0n) is 10.8. The normalized spacial score (nSPS) is 15.3. The van der Waals surface area contributed by atoms with Gasteiger partial charge in [-0.2, -0.15) is 0 Å². The number of rotatable bonds is 4. The highest BCUT2D eigenvalue weighted by molar-refractivity contribution is 9.10. The van der Waals surface area contributed by atoms with Gasteiger partial charge in [-0.15, -0.1) is 0 Å². The number of nitrogens with zero attached hydrogens (tertiary/aromatic N) is 1. The van der Waals surface area contributed by atoms with Crippen LogP contribution in [-0.4, -0.2) is 11.5 Å². The summed E-state index contributed by atoms with van der Waals surface area (Å²) in [5.41, 5.74) is 9.16. The summed E-state index contributed by atoms with van der Waals surface area (Å²) in [6.07, 6.45) is 10.4. The fourth-order valence-electron chi connectivity index (χ4n) is 2.19. The van der Waals surface area contributed by atoms with Gasteiger partial charge in [0.05, 0.1) is 16.4 Å². The molecule has 0 saturated heterocycles. The van der Waals surface area contributed by atoms with Crippen molar-refractivity contribution < 1.29 is 0 Å². The molecule has 0 bridgehead atoms. The van der Waals surface area contributed by atoms with Crippen molar-refractivity contribution in [2.24, 2.45) is 0 Å². The van der Waals surface area contributed by atoms with Crippen molar-refractivity contribution in [2.75, 3.05) is 17.6 Å². The first-order valence-electron chi connectivity index (χ1n) is 6.51. The maximum atomic E-state index is 5.81. The average Bonchev–Trinajstić information content (AvgIpc) is 2.40. The summed E-state index contributed by atoms with van der Waals surface area (Å²) in [6.45, 7) is 2.93. The number of hydrogen-bond donors (Lipinski definition) is 2. The van der Waals surface area contributed by atoms with E-state index in [1.807, 2.05) is 6.92 Å². The maximum Gasteiger partial charge on any atom is 0.140 e. The van der Waals surface area contributed by atoms with Gasteiger partial charge in [-0.3, -0.25) is 0 Å². The van der Waals surface area contributed by atoms with Crippen molar-refractivity contribution >= 4 is 27.4 Å². The third-order valence-corrected chi connectivity index (χ3v) is 4.40. The van der Waals surface area contributed by atoms with E-state index in [-0.39, 0.29) is 0 Å². The smallest absolute Gasteiger partial charge is 0.140 e. The molecule has 0 radical (unpaired) electrons. The molecule has 1 aliphatic rings. The van der Waals surface area contributed by atoms with Gasteiger partial charge in [-0.05, 0) is 60.5 Å². The summed E-state index contributed by atoms with van der Waals surface area (Å²) in [6, 6.07) is 0. The highest BCUT2D eigenvalue weighted by Crippen LogP contribution is 2.28. The predicted octanol–water partition coefficient (Wildman–Crippen LogP) is 4.04. The third kappa shape index (κ3) is 3.25. The van der Waals surface area contributed by atoms with Gasteiger partial charge in [0, 0.05) is 6.54 Å². The number of halogens is 1. The number of nitrogens with one attached hydrogen (secondary N) is 1. The van der Waals surface area contributed by atoms with Crippen molar-refractivity contribution in [2.45, 2.75) is 39.0 Å². The first-order valence-corrected chi connectivity index (χ1v) is 7.30. The summed E-state index contributed by atoms with van der Waals surface area (Å²) < 4.78 is 0.972. The Balaban J connectivity index is 1.90. The fraction of sp³-hybridized carbons (Fsp3) is 0.500. The molecule has 0 atom stereocenters. The standard InChI is InChI=1S/C14H20BrN3/c1-10-12(16)9-18-14(13(10)15)17-8-7-11-5-3-2-4-6-11/h5,9H,2-4,6-8,16H2,1H3,(H,17,18). The van der Waals surface area contributed by atoms with Crippen LogP contribution in [0.15, 0.2) is 22.3 Å². The zero-order valence-corrected chi connectivity index (χ0v) is 12.4. The maximum absolute atomic E-state index is 5.81. The molecule has 1 aliphatic carbocycles. The van der Waals surface area contributed by atoms with Crippen LogP contribution in [0.4, 0.5) is 11.5 Å². The molecule has 0 aromatic carbocycles. The third-order valence-electron chi connectivity index (χ3n) is 3.43. The molecular weight excluding hydrogens is 290 g/mol. The van der Waals surface area contributed by atoms with Crippen molar-refractivity contribution in [3.8, 4) is 0 Å². The number of aromatic nitrogens is 1. The average molecular weight is 310 g/mol. The highest BCUT2D eigenvalue weighted by Gasteiger charge is 2.08. The molecule has 0 amide bonds. The molecule has 18 heavy (non-hydrogen) atoms. The van der Waals surface area contributed by atoms with E-state index >= 15 is 0 Å². The topological polar surface area (TPSA) is 50.9 Å². The Morgan fingerprint density at radius 3 is 3.00 bits per heavy atom. The fourth-order valence-corrected chi connectivity index (χ4v) is 2.66. The largest absolute Gasteiger partial charge is 0.397 e. The number of nitrogens with two attached hydrogens (primary N) is 1. The number of hydrogen-bond acceptors (Lipinski definition) is 3. The second-order valence-electron chi connectivity index (χ2n) is 4.79. The van der Waals surface area contributed by atoms with Crippen molar-refractivity contribution in [1.29, 1.82) is 0 Å². The number of allylic oxidation sites excluding steroid dienone is 1. The quantitative estimate of drug-likeness (QED) is 0.825. The SMILES string of the molecule is Cc1c(N)cnc(NCCC2=CCCCC2)c1Br. The van der Waals surface area contributed by atoms with Crippen LogP contribution in [0.3, 0.4) is 0 Å². The van der Waals surface area contributed by atoms with Crippen LogP contribution in [0.5, 0.6) is 0 Å². The highest BCUT2D eigenvalue weighted by atomic mass is 79.9. The lowest BCUT2D eigenvalue weighted by Gasteiger charge is -2.14. The van der Waals surface area contributed by atoms with Crippen LogP contribution >= 0.6 is 15.9 Å². The Kier molecular flexibility index (Phi) is 4.64. The van der Waals surface area contributed by atoms with Gasteiger partial charge in [0.2, 0.25) is 0 Å². The Hall–Kier alpha value is -1.03. The van der Waals surface area contributed by atoms with Crippen LogP contribution < -0.4 is 11.1 Å². The van der Waals surface area contributed by atoms with E-state index in [4.69, 9.17) is 5.73 Å². The summed E-state index contributed by atoms with van der Waals surface area (Å²) in [4.78, 5) is 4.32. The van der Waals surface area contributed by atoms with Crippen molar-refractivity contribution in [1.82, 2.24) is 4.98 Å². The lowest BCUT2D eigenvalue weighted by molar-refractivity contribution is 0.679. The van der Waals surface area contributed by atoms with Gasteiger partial charge in [0.15, 0.2) is 0 Å². The summed E-state index contributed by atoms with van der Waals surface area (Å²) in [7, 11) is 0. The molecule has 1 aromatic rings. The van der Waals surface area contributed by atoms with Crippen LogP contribution in [0.2, 0.25) is 0 Å². The molecule has 1 heterocycles. The van der Waals surface area contributed by atoms with Gasteiger partial charge in [0.25, 0.3) is 0 Å². The van der Waals surface area contributed by atoms with E-state index in [0.717, 1.165) is 34.5 Å². The number of anilines is 2. The van der Waals surface area contributed by atoms with Gasteiger partial charge < -0.3 is 11.1 Å². The van der Waals surface area contributed by atoms with Gasteiger partial charge in [-0.25, -0.2) is 4.98 Å². The lowest BCUT2D eigenvalue weighted by atomic mass is 9.97. The molecule has 0 aliphatic heterocycles. The molecular formula is C14H20BrN3. The molecule has 0 spiro atoms. The molecule has 4 heteroatoms. The molecule has 1 aromatic heterocycles. The minimum atomic E-state index is 0.724. The van der Waals surface area contributed by atoms with Gasteiger partial charge in [-0.1, -0.05) is 11.6 Å². The molecule has 3 N–H and O–H groups in total. The van der Waals surface area contributed by atoms with E-state index in [1.165, 1.54) is 25.7 Å². The number of pyridine rings is 1. The lowest BCUT2D eigenvalue weighted by Crippen LogP contribution is -2.07. The summed E-state index contributed by atoms with van der Waals surface area (Å²) >= 11 is 3.54. The first-order chi connectivity index (χ1) is 8.68. The van der Waals surface area contributed by atoms with Crippen LogP contribution in [0, 0.1) is 6.92 Å². The van der Waals surface area contributed by atoms with Crippen molar-refractivity contribution in [3.05, 3.63) is 27.9 Å². The second-order valence-corrected chi connectivity index (χ2v) is 5.58. The number of nitrogen functional groups attached to an aromatic ring is 1. The zero-order chi connectivity index (χ0) is 13.0. The first kappa shape index (κ1) is 13.4. The molecule has 0 saturated carbocycles. The van der Waals surface area contributed by atoms with Crippen LogP contribution in [-0.2, 0) is 0 Å². The van der Waals surface area contributed by atoms with E-state index in [1.54, 1.807) is 11.8 Å². The molecule has 98 valence electrons. The monoisotopic (exact) mass is 309 g/mol. The predicted molar refractivity (Wildman–Crippen MR) is 80.7 cm³/mol. The van der Waals surface area contributed by atoms with E-state index in [0.29, 0.717) is 0 Å². The minimum absolute atomic E-state index is 0.724. The second kappa shape index (κ2) is 6.23. The summed E-state index contributed by atoms with van der Waals surface area (Å²) in [5, 5.41) is 3.37. The minimum Gasteiger partial charge on any atom is -0.397 e. The van der Waals surface area contributed by atoms with Crippen LogP contribution in [0.25, 0.3) is 0 Å². The van der Waals surface area contributed by atoms with Gasteiger partial charge in [0.1, 0.15) is 5.82 Å². The molecule has 0 unspecified atom stereocenters. The molecule has 3 nitrogen and oxygen atoms in total. The van der Waals surface area contributed by atoms with Crippen LogP contribution in [0.1, 0.15) is 37.7 Å². The summed E-state index contributed by atoms with van der Waals surface area (Å²) in [5.74, 6) is 0.887. The van der Waals surface area contributed by atoms with Crippen molar-refractivity contribution in [3.63, 3.8) is 0 Å². The van der Waals surface area contributed by atoms with E-state index in [9.17, 15) is 0 Å².